The maximum atomic E-state index is 13.4. The maximum Gasteiger partial charge on any atom is 0.306 e. The lowest BCUT2D eigenvalue weighted by atomic mass is 9.99. The van der Waals surface area contributed by atoms with E-state index >= 15 is 0 Å². The smallest absolute Gasteiger partial charge is 0.306 e. The molecular weight excluding hydrogens is 919 g/mol. The van der Waals surface area contributed by atoms with Crippen molar-refractivity contribution in [2.75, 3.05) is 13.2 Å². The Labute approximate surface area is 448 Å². The fourth-order valence-electron chi connectivity index (χ4n) is 10.2. The molecule has 0 spiro atoms. The Kier molecular flexibility index (Phi) is 48.7. The predicted molar refractivity (Wildman–Crippen MR) is 301 cm³/mol. The number of hydrogen-bond acceptors (Lipinski definition) is 10. The summed E-state index contributed by atoms with van der Waals surface area (Å²) in [5.41, 5.74) is 0. The monoisotopic (exact) mass is 1040 g/mol. The third-order valence-electron chi connectivity index (χ3n) is 15.2. The number of allylic oxidation sites excluding steroid dienone is 1. The van der Waals surface area contributed by atoms with Gasteiger partial charge in [0.15, 0.2) is 12.4 Å². The van der Waals surface area contributed by atoms with Gasteiger partial charge in [-0.3, -0.25) is 9.59 Å². The van der Waals surface area contributed by atoms with Gasteiger partial charge in [-0.25, -0.2) is 0 Å². The lowest BCUT2D eigenvalue weighted by Crippen LogP contribution is -2.61. The zero-order valence-electron chi connectivity index (χ0n) is 47.8. The van der Waals surface area contributed by atoms with Crippen LogP contribution < -0.4 is 5.32 Å². The largest absolute Gasteiger partial charge is 0.454 e. The highest BCUT2D eigenvalue weighted by Crippen LogP contribution is 2.26. The number of esters is 1. The van der Waals surface area contributed by atoms with Gasteiger partial charge in [-0.1, -0.05) is 290 Å². The number of unbranched alkanes of at least 4 members (excludes halogenated alkanes) is 40. The van der Waals surface area contributed by atoms with E-state index in [-0.39, 0.29) is 13.0 Å². The van der Waals surface area contributed by atoms with Gasteiger partial charge >= 0.3 is 5.97 Å². The van der Waals surface area contributed by atoms with E-state index in [0.717, 1.165) is 57.8 Å². The number of ether oxygens (including phenoxy) is 3. The van der Waals surface area contributed by atoms with Crippen molar-refractivity contribution in [3.8, 4) is 0 Å². The number of hydrogen-bond donors (Lipinski definition) is 6. The molecule has 8 atom stereocenters. The second kappa shape index (κ2) is 51.2. The van der Waals surface area contributed by atoms with Crippen molar-refractivity contribution in [1.29, 1.82) is 0 Å². The molecule has 0 aromatic carbocycles. The average molecular weight is 1040 g/mol. The Bertz CT molecular complexity index is 1240. The topological polar surface area (TPSA) is 175 Å². The Hall–Kier alpha value is -1.60. The van der Waals surface area contributed by atoms with Crippen molar-refractivity contribution >= 4 is 11.9 Å². The molecule has 8 unspecified atom stereocenters. The number of aliphatic hydroxyl groups excluding tert-OH is 5. The van der Waals surface area contributed by atoms with Crippen LogP contribution >= 0.6 is 0 Å². The minimum atomic E-state index is -1.61. The number of carbonyl (C=O) groups excluding carboxylic acids is 2. The lowest BCUT2D eigenvalue weighted by Gasteiger charge is -2.41. The van der Waals surface area contributed by atoms with Crippen molar-refractivity contribution in [1.82, 2.24) is 5.32 Å². The second-order valence-corrected chi connectivity index (χ2v) is 22.2. The van der Waals surface area contributed by atoms with Crippen LogP contribution in [0, 0.1) is 0 Å². The van der Waals surface area contributed by atoms with Gasteiger partial charge in [-0.15, -0.1) is 0 Å². The fourth-order valence-corrected chi connectivity index (χ4v) is 10.2. The Morgan fingerprint density at radius 3 is 1.29 bits per heavy atom. The first-order valence-corrected chi connectivity index (χ1v) is 31.5. The predicted octanol–water partition coefficient (Wildman–Crippen LogP) is 14.7. The molecule has 1 aliphatic heterocycles. The molecule has 1 rings (SSSR count). The first-order valence-electron chi connectivity index (χ1n) is 31.5. The SMILES string of the molecule is CCCCCCCCCCCCC/C=C/C(O)C(COC1OC(CO)C(O)C(O)C1OC(=O)CCCCCCCCCCCCCCCCC)NC(=O)C(O)CCCCCCCCCCCCCCCCCC. The van der Waals surface area contributed by atoms with Crippen LogP contribution in [0.4, 0.5) is 0 Å². The third-order valence-corrected chi connectivity index (χ3v) is 15.2. The summed E-state index contributed by atoms with van der Waals surface area (Å²) in [7, 11) is 0. The van der Waals surface area contributed by atoms with E-state index in [1.807, 2.05) is 6.08 Å². The number of aliphatic hydroxyl groups is 5. The van der Waals surface area contributed by atoms with E-state index in [0.29, 0.717) is 19.3 Å². The lowest BCUT2D eigenvalue weighted by molar-refractivity contribution is -0.305. The van der Waals surface area contributed by atoms with Crippen LogP contribution in [0.25, 0.3) is 0 Å². The molecule has 1 amide bonds. The van der Waals surface area contributed by atoms with Gasteiger partial charge in [0.2, 0.25) is 5.91 Å². The van der Waals surface area contributed by atoms with Gasteiger partial charge in [0.05, 0.1) is 25.4 Å². The molecule has 0 radical (unpaired) electrons. The second-order valence-electron chi connectivity index (χ2n) is 22.2. The zero-order valence-corrected chi connectivity index (χ0v) is 47.8. The molecule has 1 heterocycles. The molecule has 73 heavy (non-hydrogen) atoms. The molecule has 0 aliphatic carbocycles. The van der Waals surface area contributed by atoms with Gasteiger partial charge < -0.3 is 45.1 Å². The van der Waals surface area contributed by atoms with E-state index < -0.39 is 67.4 Å². The maximum absolute atomic E-state index is 13.4. The quantitative estimate of drug-likeness (QED) is 0.0195. The number of amides is 1. The average Bonchev–Trinajstić information content (AvgIpc) is 3.39. The van der Waals surface area contributed by atoms with Crippen molar-refractivity contribution in [3.05, 3.63) is 12.2 Å². The summed E-state index contributed by atoms with van der Waals surface area (Å²) in [5.74, 6) is -1.18. The van der Waals surface area contributed by atoms with Crippen molar-refractivity contribution < 1.29 is 49.3 Å². The van der Waals surface area contributed by atoms with E-state index in [4.69, 9.17) is 14.2 Å². The molecule has 11 heteroatoms. The van der Waals surface area contributed by atoms with Gasteiger partial charge in [0.25, 0.3) is 0 Å². The van der Waals surface area contributed by atoms with E-state index in [9.17, 15) is 35.1 Å². The summed E-state index contributed by atoms with van der Waals surface area (Å²) >= 11 is 0. The summed E-state index contributed by atoms with van der Waals surface area (Å²) < 4.78 is 17.6. The Morgan fingerprint density at radius 2 is 0.890 bits per heavy atom. The van der Waals surface area contributed by atoms with Gasteiger partial charge in [-0.05, 0) is 25.7 Å². The van der Waals surface area contributed by atoms with Crippen molar-refractivity contribution in [2.45, 2.75) is 359 Å². The van der Waals surface area contributed by atoms with E-state index in [1.54, 1.807) is 6.08 Å². The van der Waals surface area contributed by atoms with Gasteiger partial charge in [0.1, 0.15) is 24.4 Å². The van der Waals surface area contributed by atoms with Crippen LogP contribution in [-0.2, 0) is 23.8 Å². The summed E-state index contributed by atoms with van der Waals surface area (Å²) in [5, 5.41) is 57.0. The van der Waals surface area contributed by atoms with Crippen LogP contribution in [0.2, 0.25) is 0 Å². The normalized spacial score (nSPS) is 19.4. The Morgan fingerprint density at radius 1 is 0.521 bits per heavy atom. The highest BCUT2D eigenvalue weighted by Gasteiger charge is 2.47. The molecule has 1 saturated heterocycles. The van der Waals surface area contributed by atoms with E-state index in [1.165, 1.54) is 205 Å². The summed E-state index contributed by atoms with van der Waals surface area (Å²) in [6, 6.07) is -1.02. The van der Waals surface area contributed by atoms with Gasteiger partial charge in [0, 0.05) is 6.42 Å². The molecule has 0 aromatic heterocycles. The third kappa shape index (κ3) is 39.4. The first-order chi connectivity index (χ1) is 35.7. The highest BCUT2D eigenvalue weighted by molar-refractivity contribution is 5.80. The van der Waals surface area contributed by atoms with E-state index in [2.05, 4.69) is 26.1 Å². The molecule has 432 valence electrons. The van der Waals surface area contributed by atoms with Gasteiger partial charge in [-0.2, -0.15) is 0 Å². The molecule has 6 N–H and O–H groups in total. The van der Waals surface area contributed by atoms with Crippen molar-refractivity contribution in [2.24, 2.45) is 0 Å². The molecule has 0 aromatic rings. The standard InChI is InChI=1S/C62H119NO10/c1-4-7-10-13-16-19-22-25-27-29-31-34-37-40-43-46-49-55(66)61(70)63-53(54(65)48-45-42-39-36-33-30-24-21-18-15-12-9-6-3)52-71-62-60(59(69)58(68)56(51-64)72-62)73-57(67)50-47-44-41-38-35-32-28-26-23-20-17-14-11-8-5-2/h45,48,53-56,58-60,62,64-66,68-69H,4-44,46-47,49-52H2,1-3H3,(H,63,70)/b48-45+. The van der Waals surface area contributed by atoms with Crippen LogP contribution in [-0.4, -0.2) is 99.6 Å². The Balaban J connectivity index is 2.68. The molecular formula is C62H119NO10. The van der Waals surface area contributed by atoms with Crippen LogP contribution in [0.1, 0.15) is 310 Å². The van der Waals surface area contributed by atoms with Crippen LogP contribution in [0.15, 0.2) is 12.2 Å². The summed E-state index contributed by atoms with van der Waals surface area (Å²) in [4.78, 5) is 26.5. The van der Waals surface area contributed by atoms with Crippen LogP contribution in [0.3, 0.4) is 0 Å². The summed E-state index contributed by atoms with van der Waals surface area (Å²) in [6.07, 6.45) is 46.7. The molecule has 0 saturated carbocycles. The number of rotatable bonds is 54. The number of nitrogens with one attached hydrogen (secondary N) is 1. The minimum Gasteiger partial charge on any atom is -0.454 e. The van der Waals surface area contributed by atoms with Crippen molar-refractivity contribution in [3.63, 3.8) is 0 Å². The molecule has 11 nitrogen and oxygen atoms in total. The highest BCUT2D eigenvalue weighted by atomic mass is 16.7. The minimum absolute atomic E-state index is 0.131. The first kappa shape index (κ1) is 69.4. The summed E-state index contributed by atoms with van der Waals surface area (Å²) in [6.45, 7) is 5.83. The zero-order chi connectivity index (χ0) is 53.3. The number of carbonyl (C=O) groups is 2. The fraction of sp³-hybridized carbons (Fsp3) is 0.935. The van der Waals surface area contributed by atoms with Crippen LogP contribution in [0.5, 0.6) is 0 Å². The molecule has 1 aliphatic rings. The molecule has 1 fully saturated rings. The molecule has 0 bridgehead atoms.